The zero-order valence-corrected chi connectivity index (χ0v) is 7.09. The van der Waals surface area contributed by atoms with Crippen molar-refractivity contribution in [3.05, 3.63) is 27.3 Å². The Hall–Kier alpha value is -1.76. The minimum Gasteiger partial charge on any atom is -0.329 e. The lowest BCUT2D eigenvalue weighted by Crippen LogP contribution is -1.90. The maximum absolute atomic E-state index is 10.5. The molecule has 2 rings (SSSR count). The third kappa shape index (κ3) is 1.18. The first-order valence-corrected chi connectivity index (χ1v) is 3.79. The Morgan fingerprint density at radius 3 is 2.92 bits per heavy atom. The number of nitro groups is 1. The summed E-state index contributed by atoms with van der Waals surface area (Å²) in [6.07, 6.45) is 2.66. The standard InChI is InChI=1S/C6H4N4O2S/c11-10(12)4-2-7-1-3-5(4)9-6(13)8-3/h1-2H,(H2,8,9,13). The Morgan fingerprint density at radius 2 is 2.23 bits per heavy atom. The highest BCUT2D eigenvalue weighted by Crippen LogP contribution is 2.20. The Bertz CT molecular complexity index is 529. The molecule has 13 heavy (non-hydrogen) atoms. The largest absolute Gasteiger partial charge is 0.329 e. The van der Waals surface area contributed by atoms with Crippen molar-refractivity contribution in [2.45, 2.75) is 0 Å². The van der Waals surface area contributed by atoms with E-state index >= 15 is 0 Å². The van der Waals surface area contributed by atoms with Gasteiger partial charge in [0.05, 0.1) is 16.6 Å². The van der Waals surface area contributed by atoms with Gasteiger partial charge in [0.1, 0.15) is 11.7 Å². The number of nitrogens with zero attached hydrogens (tertiary/aromatic N) is 2. The van der Waals surface area contributed by atoms with Crippen molar-refractivity contribution in [3.8, 4) is 0 Å². The van der Waals surface area contributed by atoms with Crippen LogP contribution in [0.2, 0.25) is 0 Å². The normalized spacial score (nSPS) is 10.5. The Labute approximate surface area is 76.8 Å². The summed E-state index contributed by atoms with van der Waals surface area (Å²) in [5.41, 5.74) is 0.842. The fourth-order valence-corrected chi connectivity index (χ4v) is 1.29. The molecule has 0 spiro atoms. The van der Waals surface area contributed by atoms with Crippen LogP contribution in [0.15, 0.2) is 12.4 Å². The summed E-state index contributed by atoms with van der Waals surface area (Å²) in [5, 5.41) is 10.5. The first kappa shape index (κ1) is 7.87. The third-order valence-electron chi connectivity index (χ3n) is 1.61. The smallest absolute Gasteiger partial charge is 0.313 e. The van der Waals surface area contributed by atoms with Gasteiger partial charge in [0.15, 0.2) is 4.77 Å². The molecule has 0 bridgehead atoms. The summed E-state index contributed by atoms with van der Waals surface area (Å²) < 4.78 is 0.353. The molecule has 0 atom stereocenters. The van der Waals surface area contributed by atoms with E-state index in [1.165, 1.54) is 12.4 Å². The Balaban J connectivity index is 2.90. The molecule has 0 aliphatic carbocycles. The monoisotopic (exact) mass is 196 g/mol. The van der Waals surface area contributed by atoms with E-state index in [1.54, 1.807) is 0 Å². The lowest BCUT2D eigenvalue weighted by atomic mass is 10.4. The third-order valence-corrected chi connectivity index (χ3v) is 1.81. The van der Waals surface area contributed by atoms with E-state index in [1.807, 2.05) is 0 Å². The number of fused-ring (bicyclic) bond motifs is 1. The van der Waals surface area contributed by atoms with Crippen LogP contribution in [0.25, 0.3) is 11.0 Å². The zero-order valence-electron chi connectivity index (χ0n) is 6.27. The molecule has 0 amide bonds. The van der Waals surface area contributed by atoms with Crippen LogP contribution in [-0.4, -0.2) is 19.9 Å². The summed E-state index contributed by atoms with van der Waals surface area (Å²) in [4.78, 5) is 19.2. The first-order chi connectivity index (χ1) is 6.18. The summed E-state index contributed by atoms with van der Waals surface area (Å²) in [7, 11) is 0. The molecule has 7 heteroatoms. The van der Waals surface area contributed by atoms with Gasteiger partial charge < -0.3 is 9.97 Å². The van der Waals surface area contributed by atoms with Crippen molar-refractivity contribution in [2.24, 2.45) is 0 Å². The molecule has 66 valence electrons. The van der Waals surface area contributed by atoms with Gasteiger partial charge in [-0.15, -0.1) is 0 Å². The molecule has 0 saturated heterocycles. The summed E-state index contributed by atoms with van der Waals surface area (Å²) in [6, 6.07) is 0. The lowest BCUT2D eigenvalue weighted by Gasteiger charge is -1.90. The number of hydrogen-bond donors (Lipinski definition) is 2. The summed E-state index contributed by atoms with van der Waals surface area (Å²) in [6.45, 7) is 0. The average molecular weight is 196 g/mol. The molecule has 0 saturated carbocycles. The van der Waals surface area contributed by atoms with Crippen LogP contribution < -0.4 is 0 Å². The second-order valence-electron chi connectivity index (χ2n) is 2.42. The lowest BCUT2D eigenvalue weighted by molar-refractivity contribution is -0.383. The number of rotatable bonds is 1. The molecule has 0 fully saturated rings. The number of hydrogen-bond acceptors (Lipinski definition) is 4. The average Bonchev–Trinajstić information content (AvgIpc) is 2.43. The van der Waals surface area contributed by atoms with Crippen LogP contribution in [0.4, 0.5) is 5.69 Å². The number of aromatic nitrogens is 3. The maximum Gasteiger partial charge on any atom is 0.313 e. The van der Waals surface area contributed by atoms with Crippen molar-refractivity contribution in [3.63, 3.8) is 0 Å². The predicted molar refractivity (Wildman–Crippen MR) is 47.9 cm³/mol. The number of H-pyrrole nitrogens is 2. The van der Waals surface area contributed by atoms with E-state index in [-0.39, 0.29) is 5.69 Å². The molecule has 0 aliphatic rings. The molecule has 0 unspecified atom stereocenters. The van der Waals surface area contributed by atoms with Crippen molar-refractivity contribution in [1.29, 1.82) is 0 Å². The van der Waals surface area contributed by atoms with E-state index in [9.17, 15) is 10.1 Å². The van der Waals surface area contributed by atoms with Crippen molar-refractivity contribution < 1.29 is 4.92 Å². The molecular formula is C6H4N4O2S. The number of nitrogens with one attached hydrogen (secondary N) is 2. The molecule has 6 nitrogen and oxygen atoms in total. The van der Waals surface area contributed by atoms with Gasteiger partial charge in [0, 0.05) is 0 Å². The molecule has 2 N–H and O–H groups in total. The minimum atomic E-state index is -0.506. The van der Waals surface area contributed by atoms with E-state index in [2.05, 4.69) is 15.0 Å². The fourth-order valence-electron chi connectivity index (χ4n) is 1.08. The topological polar surface area (TPSA) is 87.6 Å². The van der Waals surface area contributed by atoms with Crippen molar-refractivity contribution in [2.75, 3.05) is 0 Å². The van der Waals surface area contributed by atoms with Gasteiger partial charge in [-0.1, -0.05) is 0 Å². The zero-order chi connectivity index (χ0) is 9.42. The van der Waals surface area contributed by atoms with E-state index in [4.69, 9.17) is 12.2 Å². The number of pyridine rings is 1. The molecule has 2 heterocycles. The van der Waals surface area contributed by atoms with Gasteiger partial charge in [-0.05, 0) is 12.2 Å². The molecule has 0 aromatic carbocycles. The summed E-state index contributed by atoms with van der Waals surface area (Å²) >= 11 is 4.80. The minimum absolute atomic E-state index is 0.0788. The van der Waals surface area contributed by atoms with Gasteiger partial charge in [0.2, 0.25) is 0 Å². The van der Waals surface area contributed by atoms with Crippen LogP contribution >= 0.6 is 12.2 Å². The van der Waals surface area contributed by atoms with E-state index in [0.29, 0.717) is 15.8 Å². The first-order valence-electron chi connectivity index (χ1n) is 3.39. The highest BCUT2D eigenvalue weighted by atomic mass is 32.1. The van der Waals surface area contributed by atoms with Gasteiger partial charge in [-0.25, -0.2) is 0 Å². The molecule has 2 aromatic heterocycles. The van der Waals surface area contributed by atoms with E-state index < -0.39 is 4.92 Å². The van der Waals surface area contributed by atoms with Crippen LogP contribution in [0.5, 0.6) is 0 Å². The Morgan fingerprint density at radius 1 is 1.46 bits per heavy atom. The molecular weight excluding hydrogens is 192 g/mol. The molecule has 0 radical (unpaired) electrons. The van der Waals surface area contributed by atoms with Crippen LogP contribution in [0, 0.1) is 14.9 Å². The van der Waals surface area contributed by atoms with Crippen LogP contribution in [-0.2, 0) is 0 Å². The highest BCUT2D eigenvalue weighted by Gasteiger charge is 2.13. The SMILES string of the molecule is O=[N+]([O-])c1cncc2[nH]c(=S)[nH]c12. The van der Waals surface area contributed by atoms with Crippen molar-refractivity contribution >= 4 is 28.9 Å². The van der Waals surface area contributed by atoms with Gasteiger partial charge in [-0.2, -0.15) is 0 Å². The van der Waals surface area contributed by atoms with Crippen LogP contribution in [0.1, 0.15) is 0 Å². The molecule has 2 aromatic rings. The predicted octanol–water partition coefficient (Wildman–Crippen LogP) is 1.53. The second kappa shape index (κ2) is 2.63. The number of aromatic amines is 2. The maximum atomic E-state index is 10.5. The van der Waals surface area contributed by atoms with Gasteiger partial charge in [0.25, 0.3) is 0 Å². The summed E-state index contributed by atoms with van der Waals surface area (Å²) in [5.74, 6) is 0. The quantitative estimate of drug-likeness (QED) is 0.411. The second-order valence-corrected chi connectivity index (χ2v) is 2.83. The number of imidazole rings is 1. The fraction of sp³-hybridized carbons (Fsp3) is 0. The molecule has 0 aliphatic heterocycles. The Kier molecular flexibility index (Phi) is 1.59. The van der Waals surface area contributed by atoms with Gasteiger partial charge in [-0.3, -0.25) is 15.1 Å². The van der Waals surface area contributed by atoms with Gasteiger partial charge >= 0.3 is 5.69 Å². The highest BCUT2D eigenvalue weighted by molar-refractivity contribution is 7.71. The van der Waals surface area contributed by atoms with E-state index in [0.717, 1.165) is 0 Å². The van der Waals surface area contributed by atoms with Crippen molar-refractivity contribution in [1.82, 2.24) is 15.0 Å². The van der Waals surface area contributed by atoms with Crippen LogP contribution in [0.3, 0.4) is 0 Å².